The van der Waals surface area contributed by atoms with Crippen LogP contribution in [0, 0.1) is 20.8 Å². The summed E-state index contributed by atoms with van der Waals surface area (Å²) in [5, 5.41) is 0. The molecule has 1 N–H and O–H groups in total. The highest BCUT2D eigenvalue weighted by Gasteiger charge is 2.16. The van der Waals surface area contributed by atoms with E-state index in [9.17, 15) is 4.79 Å². The van der Waals surface area contributed by atoms with Crippen molar-refractivity contribution in [1.29, 1.82) is 0 Å². The molecule has 0 aliphatic rings. The van der Waals surface area contributed by atoms with Gasteiger partial charge in [-0.15, -0.1) is 0 Å². The fourth-order valence-corrected chi connectivity index (χ4v) is 2.52. The molecule has 0 unspecified atom stereocenters. The van der Waals surface area contributed by atoms with E-state index in [0.29, 0.717) is 13.0 Å². The SMILES string of the molecule is CCN(C(=O)Cc1cc(C)[nH]c1C)c1cccc(C)c1. The third-order valence-corrected chi connectivity index (χ3v) is 3.53. The summed E-state index contributed by atoms with van der Waals surface area (Å²) in [6, 6.07) is 10.1. The Bertz CT molecular complexity index is 613. The number of likely N-dealkylation sites (N-methyl/N-ethyl adjacent to an activating group) is 1. The lowest BCUT2D eigenvalue weighted by molar-refractivity contribution is -0.117. The Morgan fingerprint density at radius 1 is 1.20 bits per heavy atom. The predicted octanol–water partition coefficient (Wildman–Crippen LogP) is 3.54. The van der Waals surface area contributed by atoms with Crippen LogP contribution < -0.4 is 4.90 Å². The molecule has 3 nitrogen and oxygen atoms in total. The Morgan fingerprint density at radius 2 is 1.95 bits per heavy atom. The molecule has 106 valence electrons. The van der Waals surface area contributed by atoms with Gasteiger partial charge in [0.2, 0.25) is 5.91 Å². The van der Waals surface area contributed by atoms with Crippen LogP contribution in [0.4, 0.5) is 5.69 Å². The summed E-state index contributed by atoms with van der Waals surface area (Å²) in [6.45, 7) is 8.76. The van der Waals surface area contributed by atoms with Gasteiger partial charge in [-0.2, -0.15) is 0 Å². The summed E-state index contributed by atoms with van der Waals surface area (Å²) in [4.78, 5) is 17.6. The Balaban J connectivity index is 2.19. The summed E-state index contributed by atoms with van der Waals surface area (Å²) in [6.07, 6.45) is 0.442. The summed E-state index contributed by atoms with van der Waals surface area (Å²) < 4.78 is 0. The minimum absolute atomic E-state index is 0.139. The van der Waals surface area contributed by atoms with Gasteiger partial charge in [-0.25, -0.2) is 0 Å². The number of anilines is 1. The maximum Gasteiger partial charge on any atom is 0.231 e. The average molecular weight is 270 g/mol. The number of benzene rings is 1. The number of aromatic nitrogens is 1. The maximum absolute atomic E-state index is 12.5. The van der Waals surface area contributed by atoms with E-state index in [4.69, 9.17) is 0 Å². The molecule has 1 heterocycles. The van der Waals surface area contributed by atoms with Gasteiger partial charge in [0, 0.05) is 23.6 Å². The van der Waals surface area contributed by atoms with Crippen molar-refractivity contribution in [2.24, 2.45) is 0 Å². The Morgan fingerprint density at radius 3 is 2.50 bits per heavy atom. The fraction of sp³-hybridized carbons (Fsp3) is 0.353. The molecule has 0 aliphatic carbocycles. The van der Waals surface area contributed by atoms with Crippen LogP contribution in [0.25, 0.3) is 0 Å². The highest BCUT2D eigenvalue weighted by Crippen LogP contribution is 2.18. The van der Waals surface area contributed by atoms with Crippen LogP contribution >= 0.6 is 0 Å². The molecule has 20 heavy (non-hydrogen) atoms. The molecule has 0 saturated heterocycles. The molecular formula is C17H22N2O. The molecule has 0 spiro atoms. The third-order valence-electron chi connectivity index (χ3n) is 3.53. The number of rotatable bonds is 4. The third kappa shape index (κ3) is 3.10. The molecule has 0 atom stereocenters. The second-order valence-electron chi connectivity index (χ2n) is 5.26. The van der Waals surface area contributed by atoms with Crippen molar-refractivity contribution in [3.8, 4) is 0 Å². The number of H-pyrrole nitrogens is 1. The first-order valence-electron chi connectivity index (χ1n) is 7.03. The number of aryl methyl sites for hydroxylation is 3. The Hall–Kier alpha value is -2.03. The number of carbonyl (C=O) groups excluding carboxylic acids is 1. The number of nitrogens with one attached hydrogen (secondary N) is 1. The monoisotopic (exact) mass is 270 g/mol. The van der Waals surface area contributed by atoms with Crippen molar-refractivity contribution in [2.45, 2.75) is 34.1 Å². The molecule has 0 aliphatic heterocycles. The van der Waals surface area contributed by atoms with Crippen molar-refractivity contribution in [1.82, 2.24) is 4.98 Å². The van der Waals surface area contributed by atoms with E-state index in [1.165, 1.54) is 5.56 Å². The number of amides is 1. The standard InChI is InChI=1S/C17H22N2O/c1-5-19(16-8-6-7-12(2)9-16)17(20)11-15-10-13(3)18-14(15)4/h6-10,18H,5,11H2,1-4H3. The average Bonchev–Trinajstić information content (AvgIpc) is 2.68. The number of hydrogen-bond donors (Lipinski definition) is 1. The van der Waals surface area contributed by atoms with Crippen molar-refractivity contribution >= 4 is 11.6 Å². The van der Waals surface area contributed by atoms with Gasteiger partial charge in [-0.3, -0.25) is 4.79 Å². The van der Waals surface area contributed by atoms with E-state index >= 15 is 0 Å². The van der Waals surface area contributed by atoms with Crippen molar-refractivity contribution < 1.29 is 4.79 Å². The number of carbonyl (C=O) groups is 1. The van der Waals surface area contributed by atoms with Gasteiger partial charge in [-0.05, 0) is 57.0 Å². The molecule has 1 aromatic heterocycles. The zero-order valence-corrected chi connectivity index (χ0v) is 12.7. The number of nitrogens with zero attached hydrogens (tertiary/aromatic N) is 1. The van der Waals surface area contributed by atoms with Gasteiger partial charge in [-0.1, -0.05) is 12.1 Å². The quantitative estimate of drug-likeness (QED) is 0.906. The van der Waals surface area contributed by atoms with E-state index in [1.54, 1.807) is 0 Å². The lowest BCUT2D eigenvalue weighted by atomic mass is 10.1. The first-order valence-corrected chi connectivity index (χ1v) is 7.03. The molecule has 3 heteroatoms. The highest BCUT2D eigenvalue weighted by atomic mass is 16.2. The van der Waals surface area contributed by atoms with Gasteiger partial charge in [0.05, 0.1) is 6.42 Å². The summed E-state index contributed by atoms with van der Waals surface area (Å²) in [7, 11) is 0. The first-order chi connectivity index (χ1) is 9.51. The van der Waals surface area contributed by atoms with Crippen LogP contribution in [0.15, 0.2) is 30.3 Å². The van der Waals surface area contributed by atoms with Crippen LogP contribution in [-0.2, 0) is 11.2 Å². The zero-order valence-electron chi connectivity index (χ0n) is 12.7. The van der Waals surface area contributed by atoms with Crippen LogP contribution in [0.2, 0.25) is 0 Å². The minimum atomic E-state index is 0.139. The first kappa shape index (κ1) is 14.4. The van der Waals surface area contributed by atoms with Gasteiger partial charge in [0.1, 0.15) is 0 Å². The normalized spacial score (nSPS) is 10.6. The Kier molecular flexibility index (Phi) is 4.28. The molecular weight excluding hydrogens is 248 g/mol. The van der Waals surface area contributed by atoms with E-state index in [1.807, 2.05) is 50.8 Å². The molecule has 0 bridgehead atoms. The lowest BCUT2D eigenvalue weighted by Gasteiger charge is -2.21. The summed E-state index contributed by atoms with van der Waals surface area (Å²) >= 11 is 0. The van der Waals surface area contributed by atoms with Gasteiger partial charge < -0.3 is 9.88 Å². The van der Waals surface area contributed by atoms with Crippen LogP contribution in [0.5, 0.6) is 0 Å². The maximum atomic E-state index is 12.5. The van der Waals surface area contributed by atoms with Crippen molar-refractivity contribution in [3.05, 3.63) is 52.8 Å². The summed E-state index contributed by atoms with van der Waals surface area (Å²) in [5.41, 5.74) is 5.41. The van der Waals surface area contributed by atoms with Crippen LogP contribution in [0.3, 0.4) is 0 Å². The second kappa shape index (κ2) is 5.95. The van der Waals surface area contributed by atoms with E-state index < -0.39 is 0 Å². The molecule has 0 saturated carbocycles. The van der Waals surface area contributed by atoms with E-state index in [2.05, 4.69) is 17.1 Å². The van der Waals surface area contributed by atoms with E-state index in [-0.39, 0.29) is 5.91 Å². The number of aromatic amines is 1. The molecule has 1 amide bonds. The highest BCUT2D eigenvalue weighted by molar-refractivity contribution is 5.94. The predicted molar refractivity (Wildman–Crippen MR) is 83.2 cm³/mol. The second-order valence-corrected chi connectivity index (χ2v) is 5.26. The van der Waals surface area contributed by atoms with Gasteiger partial charge in [0.15, 0.2) is 0 Å². The molecule has 0 radical (unpaired) electrons. The topological polar surface area (TPSA) is 36.1 Å². The minimum Gasteiger partial charge on any atom is -0.362 e. The Labute approximate surface area is 120 Å². The summed E-state index contributed by atoms with van der Waals surface area (Å²) in [5.74, 6) is 0.139. The number of hydrogen-bond acceptors (Lipinski definition) is 1. The molecule has 1 aromatic carbocycles. The van der Waals surface area contributed by atoms with Gasteiger partial charge in [0.25, 0.3) is 0 Å². The van der Waals surface area contributed by atoms with Crippen LogP contribution in [0.1, 0.15) is 29.4 Å². The van der Waals surface area contributed by atoms with Crippen LogP contribution in [-0.4, -0.2) is 17.4 Å². The molecule has 2 aromatic rings. The molecule has 2 rings (SSSR count). The zero-order chi connectivity index (χ0) is 14.7. The fourth-order valence-electron chi connectivity index (χ4n) is 2.52. The largest absolute Gasteiger partial charge is 0.362 e. The van der Waals surface area contributed by atoms with Crippen molar-refractivity contribution in [2.75, 3.05) is 11.4 Å². The van der Waals surface area contributed by atoms with E-state index in [0.717, 1.165) is 22.6 Å². The smallest absolute Gasteiger partial charge is 0.231 e. The van der Waals surface area contributed by atoms with Crippen molar-refractivity contribution in [3.63, 3.8) is 0 Å². The molecule has 0 fully saturated rings. The lowest BCUT2D eigenvalue weighted by Crippen LogP contribution is -2.32. The van der Waals surface area contributed by atoms with Gasteiger partial charge >= 0.3 is 0 Å².